The Morgan fingerprint density at radius 3 is 2.71 bits per heavy atom. The van der Waals surface area contributed by atoms with Gasteiger partial charge in [0.1, 0.15) is 11.8 Å². The van der Waals surface area contributed by atoms with Gasteiger partial charge in [-0.15, -0.1) is 11.3 Å². The van der Waals surface area contributed by atoms with Crippen LogP contribution < -0.4 is 5.32 Å². The molecule has 4 heteroatoms. The summed E-state index contributed by atoms with van der Waals surface area (Å²) in [5.41, 5.74) is 0. The van der Waals surface area contributed by atoms with Gasteiger partial charge in [0.15, 0.2) is 0 Å². The zero-order valence-electron chi connectivity index (χ0n) is 12.5. The quantitative estimate of drug-likeness (QED) is 0.803. The molecule has 1 N–H and O–H groups in total. The summed E-state index contributed by atoms with van der Waals surface area (Å²) in [6.07, 6.45) is 5.51. The van der Waals surface area contributed by atoms with Crippen LogP contribution in [0.1, 0.15) is 49.8 Å². The van der Waals surface area contributed by atoms with E-state index in [1.54, 1.807) is 17.6 Å². The minimum Gasteiger partial charge on any atom is -0.467 e. The van der Waals surface area contributed by atoms with Crippen molar-refractivity contribution in [2.24, 2.45) is 11.8 Å². The van der Waals surface area contributed by atoms with Gasteiger partial charge in [-0.1, -0.05) is 25.4 Å². The van der Waals surface area contributed by atoms with Crippen LogP contribution in [0.5, 0.6) is 0 Å². The van der Waals surface area contributed by atoms with Crippen molar-refractivity contribution < 1.29 is 4.42 Å². The maximum Gasteiger partial charge on any atom is 0.126 e. The standard InChI is InChI=1S/C17H22ClNOS/c1-11-5-6-13(10-12(11)2)19-17(14-4-3-9-20-14)15-7-8-16(18)21-15/h3-4,7-9,11-13,17,19H,5-6,10H2,1-2H3. The number of hydrogen-bond donors (Lipinski definition) is 1. The van der Waals surface area contributed by atoms with Gasteiger partial charge in [-0.25, -0.2) is 0 Å². The Bertz CT molecular complexity index is 565. The van der Waals surface area contributed by atoms with E-state index in [1.807, 2.05) is 18.2 Å². The Hall–Kier alpha value is -0.770. The molecule has 0 aliphatic heterocycles. The van der Waals surface area contributed by atoms with Crippen LogP contribution >= 0.6 is 22.9 Å². The molecule has 0 aromatic carbocycles. The van der Waals surface area contributed by atoms with Crippen molar-refractivity contribution in [3.05, 3.63) is 45.5 Å². The molecule has 0 bridgehead atoms. The van der Waals surface area contributed by atoms with Crippen LogP contribution in [0.3, 0.4) is 0 Å². The van der Waals surface area contributed by atoms with Gasteiger partial charge in [0.25, 0.3) is 0 Å². The molecule has 0 radical (unpaired) electrons. The third kappa shape index (κ3) is 3.53. The lowest BCUT2D eigenvalue weighted by Crippen LogP contribution is -2.38. The molecule has 1 aliphatic carbocycles. The number of nitrogens with one attached hydrogen (secondary N) is 1. The van der Waals surface area contributed by atoms with Gasteiger partial charge in [0, 0.05) is 10.9 Å². The molecule has 1 saturated carbocycles. The Labute approximate surface area is 135 Å². The van der Waals surface area contributed by atoms with Crippen LogP contribution in [0.4, 0.5) is 0 Å². The van der Waals surface area contributed by atoms with Crippen molar-refractivity contribution in [3.63, 3.8) is 0 Å². The van der Waals surface area contributed by atoms with Crippen molar-refractivity contribution in [1.29, 1.82) is 0 Å². The highest BCUT2D eigenvalue weighted by Crippen LogP contribution is 2.35. The van der Waals surface area contributed by atoms with E-state index >= 15 is 0 Å². The lowest BCUT2D eigenvalue weighted by Gasteiger charge is -2.34. The summed E-state index contributed by atoms with van der Waals surface area (Å²) in [4.78, 5) is 1.22. The summed E-state index contributed by atoms with van der Waals surface area (Å²) in [6.45, 7) is 4.73. The first-order valence-electron chi connectivity index (χ1n) is 7.68. The van der Waals surface area contributed by atoms with Crippen molar-refractivity contribution in [2.75, 3.05) is 0 Å². The van der Waals surface area contributed by atoms with E-state index in [-0.39, 0.29) is 6.04 Å². The second-order valence-corrected chi connectivity index (χ2v) is 7.97. The van der Waals surface area contributed by atoms with Crippen LogP contribution in [-0.4, -0.2) is 6.04 Å². The van der Waals surface area contributed by atoms with Crippen LogP contribution in [-0.2, 0) is 0 Å². The van der Waals surface area contributed by atoms with E-state index in [1.165, 1.54) is 24.1 Å². The topological polar surface area (TPSA) is 25.2 Å². The monoisotopic (exact) mass is 323 g/mol. The first kappa shape index (κ1) is 15.1. The highest BCUT2D eigenvalue weighted by molar-refractivity contribution is 7.16. The molecule has 0 spiro atoms. The summed E-state index contributed by atoms with van der Waals surface area (Å²) in [6, 6.07) is 8.72. The van der Waals surface area contributed by atoms with Gasteiger partial charge in [0.05, 0.1) is 10.6 Å². The minimum absolute atomic E-state index is 0.114. The van der Waals surface area contributed by atoms with Crippen molar-refractivity contribution in [3.8, 4) is 0 Å². The fraction of sp³-hybridized carbons (Fsp3) is 0.529. The SMILES string of the molecule is CC1CCC(NC(c2ccco2)c2ccc(Cl)s2)CC1C. The van der Waals surface area contributed by atoms with Gasteiger partial charge in [-0.3, -0.25) is 0 Å². The number of furan rings is 1. The molecule has 2 aromatic rings. The molecule has 2 aromatic heterocycles. The summed E-state index contributed by atoms with van der Waals surface area (Å²) >= 11 is 7.74. The molecular weight excluding hydrogens is 302 g/mol. The second kappa shape index (κ2) is 6.55. The Kier molecular flexibility index (Phi) is 4.72. The Balaban J connectivity index is 1.77. The molecule has 0 saturated heterocycles. The molecule has 2 heterocycles. The van der Waals surface area contributed by atoms with Gasteiger partial charge in [-0.2, -0.15) is 0 Å². The number of thiophene rings is 1. The fourth-order valence-corrected chi connectivity index (χ4v) is 4.31. The normalized spacial score (nSPS) is 27.7. The predicted molar refractivity (Wildman–Crippen MR) is 89.0 cm³/mol. The average molecular weight is 324 g/mol. The molecule has 3 rings (SSSR count). The van der Waals surface area contributed by atoms with E-state index in [0.717, 1.165) is 21.9 Å². The molecule has 1 fully saturated rings. The lowest BCUT2D eigenvalue weighted by atomic mass is 9.79. The Morgan fingerprint density at radius 1 is 1.24 bits per heavy atom. The maximum atomic E-state index is 6.11. The maximum absolute atomic E-state index is 6.11. The minimum atomic E-state index is 0.114. The van der Waals surface area contributed by atoms with E-state index in [2.05, 4.69) is 25.2 Å². The van der Waals surface area contributed by atoms with Crippen molar-refractivity contribution in [1.82, 2.24) is 5.32 Å². The molecule has 2 nitrogen and oxygen atoms in total. The highest BCUT2D eigenvalue weighted by atomic mass is 35.5. The van der Waals surface area contributed by atoms with Gasteiger partial charge < -0.3 is 9.73 Å². The molecule has 0 amide bonds. The number of hydrogen-bond acceptors (Lipinski definition) is 3. The van der Waals surface area contributed by atoms with Crippen LogP contribution in [0.15, 0.2) is 34.9 Å². The zero-order chi connectivity index (χ0) is 14.8. The highest BCUT2D eigenvalue weighted by Gasteiger charge is 2.28. The van der Waals surface area contributed by atoms with E-state index < -0.39 is 0 Å². The first-order chi connectivity index (χ1) is 10.1. The van der Waals surface area contributed by atoms with Crippen LogP contribution in [0.2, 0.25) is 4.34 Å². The van der Waals surface area contributed by atoms with E-state index in [0.29, 0.717) is 6.04 Å². The Morgan fingerprint density at radius 2 is 2.10 bits per heavy atom. The van der Waals surface area contributed by atoms with Gasteiger partial charge in [-0.05, 0) is 55.4 Å². The van der Waals surface area contributed by atoms with Gasteiger partial charge in [0.2, 0.25) is 0 Å². The summed E-state index contributed by atoms with van der Waals surface area (Å²) in [5.74, 6) is 2.58. The number of halogens is 1. The third-order valence-corrected chi connectivity index (χ3v) is 6.00. The molecular formula is C17H22ClNOS. The van der Waals surface area contributed by atoms with Crippen LogP contribution in [0.25, 0.3) is 0 Å². The molecule has 114 valence electrons. The lowest BCUT2D eigenvalue weighted by molar-refractivity contribution is 0.216. The summed E-state index contributed by atoms with van der Waals surface area (Å²) < 4.78 is 6.48. The largest absolute Gasteiger partial charge is 0.467 e. The van der Waals surface area contributed by atoms with E-state index in [4.69, 9.17) is 16.0 Å². The predicted octanol–water partition coefficient (Wildman–Crippen LogP) is 5.50. The van der Waals surface area contributed by atoms with Crippen LogP contribution in [0, 0.1) is 11.8 Å². The van der Waals surface area contributed by atoms with Crippen molar-refractivity contribution >= 4 is 22.9 Å². The van der Waals surface area contributed by atoms with E-state index in [9.17, 15) is 0 Å². The summed E-state index contributed by atoms with van der Waals surface area (Å²) in [7, 11) is 0. The summed E-state index contributed by atoms with van der Waals surface area (Å²) in [5, 5.41) is 3.80. The average Bonchev–Trinajstić information content (AvgIpc) is 3.11. The zero-order valence-corrected chi connectivity index (χ0v) is 14.1. The van der Waals surface area contributed by atoms with Gasteiger partial charge >= 0.3 is 0 Å². The third-order valence-electron chi connectivity index (χ3n) is 4.71. The van der Waals surface area contributed by atoms with Crippen molar-refractivity contribution in [2.45, 2.75) is 45.2 Å². The first-order valence-corrected chi connectivity index (χ1v) is 8.87. The second-order valence-electron chi connectivity index (χ2n) is 6.22. The number of rotatable bonds is 4. The molecule has 1 aliphatic rings. The molecule has 4 unspecified atom stereocenters. The molecule has 4 atom stereocenters. The fourth-order valence-electron chi connectivity index (χ4n) is 3.18. The smallest absolute Gasteiger partial charge is 0.126 e. The molecule has 21 heavy (non-hydrogen) atoms.